The van der Waals surface area contributed by atoms with Gasteiger partial charge in [-0.2, -0.15) is 0 Å². The molecule has 1 aliphatic heterocycles. The number of methoxy groups -OCH3 is 2. The largest absolute Gasteiger partial charge is 0.493 e. The number of carbonyl (C=O) groups excluding carboxylic acids is 2. The van der Waals surface area contributed by atoms with Crippen LogP contribution in [0.3, 0.4) is 0 Å². The number of dihydropyridines is 1. The van der Waals surface area contributed by atoms with E-state index < -0.39 is 11.9 Å². The number of ketones is 1. The van der Waals surface area contributed by atoms with Gasteiger partial charge in [-0.1, -0.05) is 54.1 Å². The van der Waals surface area contributed by atoms with Crippen LogP contribution in [-0.2, 0) is 16.1 Å². The van der Waals surface area contributed by atoms with Crippen molar-refractivity contribution in [1.82, 2.24) is 5.32 Å². The van der Waals surface area contributed by atoms with Crippen molar-refractivity contribution in [3.05, 3.63) is 109 Å². The van der Waals surface area contributed by atoms with Crippen molar-refractivity contribution in [3.63, 3.8) is 0 Å². The lowest BCUT2D eigenvalue weighted by Crippen LogP contribution is -2.29. The van der Waals surface area contributed by atoms with Crippen LogP contribution in [-0.4, -0.2) is 26.0 Å². The Balaban J connectivity index is 1.60. The Kier molecular flexibility index (Phi) is 6.81. The van der Waals surface area contributed by atoms with Crippen LogP contribution in [0.5, 0.6) is 11.5 Å². The van der Waals surface area contributed by atoms with E-state index in [1.165, 1.54) is 12.7 Å². The van der Waals surface area contributed by atoms with E-state index in [4.69, 9.17) is 14.2 Å². The fourth-order valence-corrected chi connectivity index (χ4v) is 5.71. The van der Waals surface area contributed by atoms with E-state index in [-0.39, 0.29) is 5.78 Å². The molecule has 7 heteroatoms. The molecule has 0 fully saturated rings. The molecule has 1 N–H and O–H groups in total. The van der Waals surface area contributed by atoms with E-state index in [1.807, 2.05) is 74.5 Å². The number of rotatable bonds is 6. The molecule has 0 spiro atoms. The second-order valence-electron chi connectivity index (χ2n) is 9.06. The normalized spacial score (nSPS) is 16.2. The zero-order chi connectivity index (χ0) is 26.3. The van der Waals surface area contributed by atoms with Gasteiger partial charge in [0.2, 0.25) is 0 Å². The summed E-state index contributed by atoms with van der Waals surface area (Å²) in [7, 11) is 2.93. The Labute approximate surface area is 229 Å². The van der Waals surface area contributed by atoms with Crippen molar-refractivity contribution in [2.45, 2.75) is 26.4 Å². The lowest BCUT2D eigenvalue weighted by atomic mass is 9.79. The first-order valence-electron chi connectivity index (χ1n) is 11.8. The van der Waals surface area contributed by atoms with E-state index in [2.05, 4.69) is 27.9 Å². The average Bonchev–Trinajstić information content (AvgIpc) is 3.18. The molecule has 0 saturated heterocycles. The first-order chi connectivity index (χ1) is 17.8. The first-order valence-corrected chi connectivity index (χ1v) is 12.9. The standard InChI is InChI=1S/C30H26INO5/c1-16-9-11-18(12-10-16)15-37-29-22(31)13-19(14-23(29)35-3)25-24(30(34)36-4)17(2)32-27-20-7-5-6-8-21(20)28(33)26(25)27/h5-14,25,32H,15H2,1-4H3/t25-/m1/s1. The molecule has 37 heavy (non-hydrogen) atoms. The number of hydrogen-bond acceptors (Lipinski definition) is 6. The second kappa shape index (κ2) is 10.0. The molecule has 1 atom stereocenters. The molecule has 0 aromatic heterocycles. The number of halogens is 1. The summed E-state index contributed by atoms with van der Waals surface area (Å²) in [5.41, 5.74) is 6.72. The Morgan fingerprint density at radius 3 is 2.38 bits per heavy atom. The van der Waals surface area contributed by atoms with Gasteiger partial charge in [0.15, 0.2) is 17.3 Å². The van der Waals surface area contributed by atoms with Gasteiger partial charge in [0, 0.05) is 28.3 Å². The summed E-state index contributed by atoms with van der Waals surface area (Å²) in [5, 5.41) is 3.31. The van der Waals surface area contributed by atoms with Gasteiger partial charge in [-0.25, -0.2) is 4.79 Å². The zero-order valence-electron chi connectivity index (χ0n) is 21.0. The van der Waals surface area contributed by atoms with Crippen molar-refractivity contribution in [2.75, 3.05) is 14.2 Å². The molecule has 1 heterocycles. The van der Waals surface area contributed by atoms with E-state index in [9.17, 15) is 9.59 Å². The highest BCUT2D eigenvalue weighted by Crippen LogP contribution is 2.48. The molecule has 2 aliphatic rings. The van der Waals surface area contributed by atoms with Gasteiger partial charge in [-0.3, -0.25) is 4.79 Å². The molecule has 0 amide bonds. The second-order valence-corrected chi connectivity index (χ2v) is 10.2. The maximum Gasteiger partial charge on any atom is 0.336 e. The highest BCUT2D eigenvalue weighted by Gasteiger charge is 2.43. The Hall–Kier alpha value is -3.59. The first kappa shape index (κ1) is 25.1. The lowest BCUT2D eigenvalue weighted by molar-refractivity contribution is -0.136. The molecular weight excluding hydrogens is 581 g/mol. The fourth-order valence-electron chi connectivity index (χ4n) is 4.93. The number of carbonyl (C=O) groups is 2. The van der Waals surface area contributed by atoms with Crippen LogP contribution >= 0.6 is 22.6 Å². The maximum atomic E-state index is 13.6. The Morgan fingerprint density at radius 1 is 1.00 bits per heavy atom. The SMILES string of the molecule is COC(=O)C1=C(C)NC2=C(C(=O)c3ccccc32)[C@@H]1c1cc(I)c(OCc2ccc(C)cc2)c(OC)c1. The fraction of sp³-hybridized carbons (Fsp3) is 0.200. The minimum absolute atomic E-state index is 0.106. The van der Waals surface area contributed by atoms with Gasteiger partial charge in [0.25, 0.3) is 0 Å². The molecular formula is C30H26INO5. The molecule has 6 nitrogen and oxygen atoms in total. The van der Waals surface area contributed by atoms with Gasteiger partial charge < -0.3 is 19.5 Å². The number of esters is 1. The predicted octanol–water partition coefficient (Wildman–Crippen LogP) is 5.93. The number of hydrogen-bond donors (Lipinski definition) is 1. The minimum atomic E-state index is -0.628. The van der Waals surface area contributed by atoms with Gasteiger partial charge in [0.05, 0.1) is 29.1 Å². The van der Waals surface area contributed by atoms with Crippen LogP contribution in [0.1, 0.15) is 45.5 Å². The van der Waals surface area contributed by atoms with Crippen molar-refractivity contribution in [3.8, 4) is 11.5 Å². The third kappa shape index (κ3) is 4.41. The monoisotopic (exact) mass is 607 g/mol. The van der Waals surface area contributed by atoms with Crippen LogP contribution in [0.25, 0.3) is 5.70 Å². The average molecular weight is 607 g/mol. The summed E-state index contributed by atoms with van der Waals surface area (Å²) >= 11 is 2.21. The van der Waals surface area contributed by atoms with Gasteiger partial charge in [-0.05, 0) is 59.7 Å². The minimum Gasteiger partial charge on any atom is -0.493 e. The summed E-state index contributed by atoms with van der Waals surface area (Å²) < 4.78 is 17.9. The molecule has 5 rings (SSSR count). The number of benzene rings is 3. The number of Topliss-reactive ketones (excluding diaryl/α,β-unsaturated/α-hetero) is 1. The molecule has 0 radical (unpaired) electrons. The highest BCUT2D eigenvalue weighted by atomic mass is 127. The summed E-state index contributed by atoms with van der Waals surface area (Å²) in [5.74, 6) is -0.0849. The highest BCUT2D eigenvalue weighted by molar-refractivity contribution is 14.1. The van der Waals surface area contributed by atoms with Crippen molar-refractivity contribution in [2.24, 2.45) is 0 Å². The molecule has 0 unspecified atom stereocenters. The smallest absolute Gasteiger partial charge is 0.336 e. The van der Waals surface area contributed by atoms with E-state index in [1.54, 1.807) is 7.11 Å². The summed E-state index contributed by atoms with van der Waals surface area (Å²) in [6.07, 6.45) is 0. The third-order valence-corrected chi connectivity index (χ3v) is 7.54. The molecule has 0 saturated carbocycles. The van der Waals surface area contributed by atoms with Crippen LogP contribution < -0.4 is 14.8 Å². The summed E-state index contributed by atoms with van der Waals surface area (Å²) in [6, 6.07) is 19.4. The van der Waals surface area contributed by atoms with Crippen molar-refractivity contribution < 1.29 is 23.8 Å². The molecule has 3 aromatic carbocycles. The van der Waals surface area contributed by atoms with Gasteiger partial charge in [0.1, 0.15) is 6.61 Å². The topological polar surface area (TPSA) is 73.9 Å². The van der Waals surface area contributed by atoms with Crippen LogP contribution in [0.2, 0.25) is 0 Å². The van der Waals surface area contributed by atoms with Crippen LogP contribution in [0.4, 0.5) is 0 Å². The Morgan fingerprint density at radius 2 is 1.70 bits per heavy atom. The van der Waals surface area contributed by atoms with Gasteiger partial charge >= 0.3 is 5.97 Å². The molecule has 188 valence electrons. The summed E-state index contributed by atoms with van der Waals surface area (Å²) in [6.45, 7) is 4.26. The maximum absolute atomic E-state index is 13.6. The van der Waals surface area contributed by atoms with E-state index in [0.29, 0.717) is 40.5 Å². The molecule has 0 bridgehead atoms. The van der Waals surface area contributed by atoms with Crippen molar-refractivity contribution in [1.29, 1.82) is 0 Å². The van der Waals surface area contributed by atoms with Crippen molar-refractivity contribution >= 4 is 40.0 Å². The molecule has 1 aliphatic carbocycles. The number of nitrogens with one attached hydrogen (secondary N) is 1. The number of ether oxygens (including phenoxy) is 3. The number of fused-ring (bicyclic) bond motifs is 2. The van der Waals surface area contributed by atoms with Crippen LogP contribution in [0, 0.1) is 10.5 Å². The number of aryl methyl sites for hydroxylation is 1. The zero-order valence-corrected chi connectivity index (χ0v) is 23.1. The van der Waals surface area contributed by atoms with Crippen LogP contribution in [0.15, 0.2) is 77.5 Å². The molecule has 3 aromatic rings. The number of allylic oxidation sites excluding steroid dienone is 2. The quantitative estimate of drug-likeness (QED) is 0.277. The predicted molar refractivity (Wildman–Crippen MR) is 150 cm³/mol. The Bertz CT molecular complexity index is 1490. The lowest BCUT2D eigenvalue weighted by Gasteiger charge is -2.29. The van der Waals surface area contributed by atoms with Gasteiger partial charge in [-0.15, -0.1) is 0 Å². The van der Waals surface area contributed by atoms with E-state index in [0.717, 1.165) is 26.0 Å². The summed E-state index contributed by atoms with van der Waals surface area (Å²) in [4.78, 5) is 26.6. The third-order valence-electron chi connectivity index (χ3n) is 6.74. The van der Waals surface area contributed by atoms with E-state index >= 15 is 0 Å².